The first-order chi connectivity index (χ1) is 5.95. The van der Waals surface area contributed by atoms with Crippen molar-refractivity contribution in [3.63, 3.8) is 0 Å². The van der Waals surface area contributed by atoms with Crippen molar-refractivity contribution in [2.75, 3.05) is 0 Å². The van der Waals surface area contributed by atoms with Crippen LogP contribution in [0.15, 0.2) is 18.2 Å². The molecule has 1 aromatic rings. The maximum Gasteiger partial charge on any atom is 0.417 e. The topological polar surface area (TPSA) is 17.1 Å². The van der Waals surface area contributed by atoms with Crippen LogP contribution in [0.1, 0.15) is 15.9 Å². The van der Waals surface area contributed by atoms with E-state index in [2.05, 4.69) is 0 Å². The third kappa shape index (κ3) is 2.21. The van der Waals surface area contributed by atoms with Crippen LogP contribution in [0.2, 0.25) is 5.02 Å². The van der Waals surface area contributed by atoms with E-state index in [1.165, 1.54) is 0 Å². The molecule has 0 radical (unpaired) electrons. The minimum atomic E-state index is -4.51. The zero-order valence-corrected chi connectivity index (χ0v) is 6.99. The van der Waals surface area contributed by atoms with E-state index < -0.39 is 17.3 Å². The summed E-state index contributed by atoms with van der Waals surface area (Å²) >= 11 is 5.42. The maximum atomic E-state index is 12.2. The van der Waals surface area contributed by atoms with Gasteiger partial charge in [-0.3, -0.25) is 4.79 Å². The van der Waals surface area contributed by atoms with E-state index in [1.807, 2.05) is 0 Å². The second-order valence-electron chi connectivity index (χ2n) is 2.35. The van der Waals surface area contributed by atoms with E-state index in [0.29, 0.717) is 0 Å². The third-order valence-corrected chi connectivity index (χ3v) is 1.68. The van der Waals surface area contributed by atoms with E-state index in [0.717, 1.165) is 18.2 Å². The Hall–Kier alpha value is -1.03. The first-order valence-corrected chi connectivity index (χ1v) is 3.65. The molecule has 0 bridgehead atoms. The lowest BCUT2D eigenvalue weighted by atomic mass is 10.1. The van der Waals surface area contributed by atoms with Crippen molar-refractivity contribution in [1.82, 2.24) is 0 Å². The van der Waals surface area contributed by atoms with Crippen LogP contribution in [0.25, 0.3) is 0 Å². The number of carbonyl (C=O) groups excluding carboxylic acids is 1. The van der Waals surface area contributed by atoms with Crippen LogP contribution in [-0.2, 0) is 6.18 Å². The summed E-state index contributed by atoms with van der Waals surface area (Å²) in [5.41, 5.74) is -1.41. The van der Waals surface area contributed by atoms with Gasteiger partial charge in [0.1, 0.15) is 0 Å². The Balaban J connectivity index is 3.29. The predicted octanol–water partition coefficient (Wildman–Crippen LogP) is 3.17. The maximum absolute atomic E-state index is 12.2. The Morgan fingerprint density at radius 3 is 2.38 bits per heavy atom. The summed E-state index contributed by atoms with van der Waals surface area (Å²) in [5.74, 6) is 0. The van der Waals surface area contributed by atoms with Crippen molar-refractivity contribution >= 4 is 17.9 Å². The number of hydrogen-bond donors (Lipinski definition) is 0. The Bertz CT molecular complexity index is 333. The monoisotopic (exact) mass is 208 g/mol. The van der Waals surface area contributed by atoms with Crippen LogP contribution in [-0.4, -0.2) is 6.29 Å². The number of hydrogen-bond acceptors (Lipinski definition) is 1. The molecule has 0 saturated heterocycles. The number of aldehydes is 1. The molecule has 0 unspecified atom stereocenters. The van der Waals surface area contributed by atoms with Gasteiger partial charge < -0.3 is 0 Å². The van der Waals surface area contributed by atoms with Crippen molar-refractivity contribution in [3.8, 4) is 0 Å². The molecule has 1 rings (SSSR count). The average Bonchev–Trinajstić information content (AvgIpc) is 2.01. The predicted molar refractivity (Wildman–Crippen MR) is 41.8 cm³/mol. The van der Waals surface area contributed by atoms with E-state index in [9.17, 15) is 18.0 Å². The first-order valence-electron chi connectivity index (χ1n) is 3.27. The van der Waals surface area contributed by atoms with Crippen LogP contribution in [0.5, 0.6) is 0 Å². The lowest BCUT2D eigenvalue weighted by molar-refractivity contribution is -0.137. The summed E-state index contributed by atoms with van der Waals surface area (Å²) in [7, 11) is 0. The van der Waals surface area contributed by atoms with Gasteiger partial charge in [0.25, 0.3) is 0 Å². The second-order valence-corrected chi connectivity index (χ2v) is 2.78. The fraction of sp³-hybridized carbons (Fsp3) is 0.125. The molecule has 0 aliphatic heterocycles. The molecule has 13 heavy (non-hydrogen) atoms. The second kappa shape index (κ2) is 3.38. The number of rotatable bonds is 1. The van der Waals surface area contributed by atoms with Gasteiger partial charge in [-0.1, -0.05) is 11.6 Å². The molecular formula is C8H4ClF3O. The lowest BCUT2D eigenvalue weighted by Gasteiger charge is -2.08. The fourth-order valence-corrected chi connectivity index (χ4v) is 1.07. The largest absolute Gasteiger partial charge is 0.417 e. The van der Waals surface area contributed by atoms with Gasteiger partial charge in [0.15, 0.2) is 6.29 Å². The van der Waals surface area contributed by atoms with E-state index in [-0.39, 0.29) is 11.3 Å². The molecule has 0 fully saturated rings. The van der Waals surface area contributed by atoms with E-state index in [4.69, 9.17) is 11.6 Å². The highest BCUT2D eigenvalue weighted by Crippen LogP contribution is 2.32. The van der Waals surface area contributed by atoms with Crippen molar-refractivity contribution in [2.45, 2.75) is 6.18 Å². The van der Waals surface area contributed by atoms with Gasteiger partial charge in [-0.25, -0.2) is 0 Å². The van der Waals surface area contributed by atoms with Crippen molar-refractivity contribution < 1.29 is 18.0 Å². The zero-order chi connectivity index (χ0) is 10.1. The van der Waals surface area contributed by atoms with Crippen molar-refractivity contribution in [2.24, 2.45) is 0 Å². The average molecular weight is 209 g/mol. The Labute approximate surface area is 77.1 Å². The number of carbonyl (C=O) groups is 1. The summed E-state index contributed by atoms with van der Waals surface area (Å²) in [4.78, 5) is 10.3. The SMILES string of the molecule is O=Cc1cc(Cl)ccc1C(F)(F)F. The molecular weight excluding hydrogens is 205 g/mol. The molecule has 0 heterocycles. The summed E-state index contributed by atoms with van der Waals surface area (Å²) in [5, 5.41) is 0.107. The molecule has 0 N–H and O–H groups in total. The molecule has 1 aromatic carbocycles. The highest BCUT2D eigenvalue weighted by molar-refractivity contribution is 6.30. The molecule has 0 amide bonds. The van der Waals surface area contributed by atoms with Gasteiger partial charge in [0, 0.05) is 10.6 Å². The van der Waals surface area contributed by atoms with E-state index >= 15 is 0 Å². The molecule has 1 nitrogen and oxygen atoms in total. The Kier molecular flexibility index (Phi) is 2.61. The van der Waals surface area contributed by atoms with Crippen LogP contribution in [0.4, 0.5) is 13.2 Å². The van der Waals surface area contributed by atoms with Gasteiger partial charge in [0.2, 0.25) is 0 Å². The van der Waals surface area contributed by atoms with Gasteiger partial charge in [-0.15, -0.1) is 0 Å². The van der Waals surface area contributed by atoms with Crippen LogP contribution in [0.3, 0.4) is 0 Å². The molecule has 0 aliphatic carbocycles. The highest BCUT2D eigenvalue weighted by Gasteiger charge is 2.33. The van der Waals surface area contributed by atoms with Gasteiger partial charge in [-0.2, -0.15) is 13.2 Å². The normalized spacial score (nSPS) is 11.4. The smallest absolute Gasteiger partial charge is 0.298 e. The quantitative estimate of drug-likeness (QED) is 0.648. The summed E-state index contributed by atoms with van der Waals surface area (Å²) in [6, 6.07) is 2.86. The minimum absolute atomic E-state index is 0.107. The molecule has 0 saturated carbocycles. The summed E-state index contributed by atoms with van der Waals surface area (Å²) in [6.45, 7) is 0. The Morgan fingerprint density at radius 2 is 1.92 bits per heavy atom. The van der Waals surface area contributed by atoms with Crippen LogP contribution < -0.4 is 0 Å². The molecule has 70 valence electrons. The van der Waals surface area contributed by atoms with Gasteiger partial charge in [0.05, 0.1) is 5.56 Å². The molecule has 0 aromatic heterocycles. The zero-order valence-electron chi connectivity index (χ0n) is 6.23. The molecule has 0 atom stereocenters. The standard InChI is InChI=1S/C8H4ClF3O/c9-6-1-2-7(8(10,11)12)5(3-6)4-13/h1-4H. The molecule has 0 aliphatic rings. The third-order valence-electron chi connectivity index (χ3n) is 1.45. The van der Waals surface area contributed by atoms with Gasteiger partial charge in [-0.05, 0) is 18.2 Å². The van der Waals surface area contributed by atoms with E-state index in [1.54, 1.807) is 0 Å². The fourth-order valence-electron chi connectivity index (χ4n) is 0.889. The molecule has 0 spiro atoms. The summed E-state index contributed by atoms with van der Waals surface area (Å²) < 4.78 is 36.5. The van der Waals surface area contributed by atoms with Crippen molar-refractivity contribution in [1.29, 1.82) is 0 Å². The van der Waals surface area contributed by atoms with Crippen molar-refractivity contribution in [3.05, 3.63) is 34.3 Å². The van der Waals surface area contributed by atoms with Gasteiger partial charge >= 0.3 is 6.18 Å². The van der Waals surface area contributed by atoms with Crippen LogP contribution in [0, 0.1) is 0 Å². The number of alkyl halides is 3. The highest BCUT2D eigenvalue weighted by atomic mass is 35.5. The Morgan fingerprint density at radius 1 is 1.31 bits per heavy atom. The minimum Gasteiger partial charge on any atom is -0.298 e. The first kappa shape index (κ1) is 10.1. The lowest BCUT2D eigenvalue weighted by Crippen LogP contribution is -2.08. The van der Waals surface area contributed by atoms with Crippen LogP contribution >= 0.6 is 11.6 Å². The summed E-state index contributed by atoms with van der Waals surface area (Å²) in [6.07, 6.45) is -4.38. The number of halogens is 4. The number of benzene rings is 1. The molecule has 5 heteroatoms.